The Labute approximate surface area is 199 Å². The smallest absolute Gasteiger partial charge is 0.333 e. The molecule has 1 aliphatic rings. The molecular weight excluding hydrogens is 448 g/mol. The third-order valence-electron chi connectivity index (χ3n) is 4.96. The van der Waals surface area contributed by atoms with Crippen LogP contribution in [0.5, 0.6) is 0 Å². The fraction of sp³-hybridized carbons (Fsp3) is 0.625. The summed E-state index contributed by atoms with van der Waals surface area (Å²) in [6, 6.07) is 0. The molecule has 0 aromatic carbocycles. The zero-order valence-corrected chi connectivity index (χ0v) is 20.0. The summed E-state index contributed by atoms with van der Waals surface area (Å²) in [6.07, 6.45) is -1.11. The Bertz CT molecular complexity index is 770. The zero-order valence-electron chi connectivity index (χ0n) is 20.0. The quantitative estimate of drug-likeness (QED) is 0.197. The lowest BCUT2D eigenvalue weighted by molar-refractivity contribution is -0.156. The van der Waals surface area contributed by atoms with Crippen molar-refractivity contribution < 1.29 is 48.7 Å². The van der Waals surface area contributed by atoms with Crippen LogP contribution < -0.4 is 0 Å². The topological polar surface area (TPSA) is 149 Å². The molecule has 5 unspecified atom stereocenters. The van der Waals surface area contributed by atoms with E-state index >= 15 is 0 Å². The van der Waals surface area contributed by atoms with Crippen LogP contribution in [0.25, 0.3) is 0 Å². The molecule has 0 saturated heterocycles. The minimum absolute atomic E-state index is 0.0413. The zero-order chi connectivity index (χ0) is 25.8. The highest BCUT2D eigenvalue weighted by Crippen LogP contribution is 2.25. The van der Waals surface area contributed by atoms with E-state index in [1.54, 1.807) is 6.92 Å². The van der Waals surface area contributed by atoms with Crippen LogP contribution in [0.1, 0.15) is 46.5 Å². The summed E-state index contributed by atoms with van der Waals surface area (Å²) >= 11 is 0. The lowest BCUT2D eigenvalue weighted by Crippen LogP contribution is -2.41. The maximum atomic E-state index is 12.1. The molecule has 0 radical (unpaired) electrons. The number of hydrogen-bond acceptors (Lipinski definition) is 10. The van der Waals surface area contributed by atoms with Gasteiger partial charge in [0.15, 0.2) is 0 Å². The van der Waals surface area contributed by atoms with Crippen molar-refractivity contribution in [2.45, 2.75) is 77.0 Å². The van der Waals surface area contributed by atoms with E-state index in [9.17, 15) is 24.6 Å². The number of rotatable bonds is 13. The van der Waals surface area contributed by atoms with Crippen LogP contribution in [0.2, 0.25) is 0 Å². The Hall–Kier alpha value is -2.53. The highest BCUT2D eigenvalue weighted by Gasteiger charge is 2.32. The van der Waals surface area contributed by atoms with Gasteiger partial charge in [0.05, 0.1) is 24.9 Å². The highest BCUT2D eigenvalue weighted by atomic mass is 16.6. The molecule has 1 fully saturated rings. The number of esters is 3. The van der Waals surface area contributed by atoms with Gasteiger partial charge in [0.1, 0.15) is 25.4 Å². The Kier molecular flexibility index (Phi) is 12.7. The Morgan fingerprint density at radius 2 is 1.65 bits per heavy atom. The Balaban J connectivity index is 2.38. The first-order valence-corrected chi connectivity index (χ1v) is 11.1. The molecule has 0 amide bonds. The van der Waals surface area contributed by atoms with Crippen molar-refractivity contribution in [1.82, 2.24) is 0 Å². The third-order valence-corrected chi connectivity index (χ3v) is 4.96. The number of allylic oxidation sites excluding steroid dienone is 1. The van der Waals surface area contributed by atoms with Gasteiger partial charge in [-0.2, -0.15) is 0 Å². The fourth-order valence-corrected chi connectivity index (χ4v) is 2.92. The van der Waals surface area contributed by atoms with E-state index in [0.29, 0.717) is 12.8 Å². The molecule has 5 atom stereocenters. The van der Waals surface area contributed by atoms with Gasteiger partial charge in [-0.15, -0.1) is 0 Å². The van der Waals surface area contributed by atoms with E-state index in [2.05, 4.69) is 13.2 Å². The van der Waals surface area contributed by atoms with Crippen molar-refractivity contribution in [3.8, 4) is 0 Å². The van der Waals surface area contributed by atoms with Gasteiger partial charge < -0.3 is 34.3 Å². The number of carbonyl (C=O) groups excluding carboxylic acids is 3. The number of ether oxygens (including phenoxy) is 4. The van der Waals surface area contributed by atoms with Gasteiger partial charge in [0.25, 0.3) is 0 Å². The minimum Gasteiger partial charge on any atom is -0.460 e. The van der Waals surface area contributed by atoms with Crippen LogP contribution in [0.3, 0.4) is 0 Å². The van der Waals surface area contributed by atoms with Crippen molar-refractivity contribution >= 4 is 17.9 Å². The summed E-state index contributed by atoms with van der Waals surface area (Å²) in [6.45, 7) is 11.0. The van der Waals surface area contributed by atoms with E-state index in [-0.39, 0.29) is 49.4 Å². The molecular formula is C24H36O10. The first kappa shape index (κ1) is 29.5. The van der Waals surface area contributed by atoms with Crippen molar-refractivity contribution in [2.75, 3.05) is 19.8 Å². The van der Waals surface area contributed by atoms with Gasteiger partial charge in [-0.3, -0.25) is 0 Å². The molecule has 0 heterocycles. The molecule has 34 heavy (non-hydrogen) atoms. The molecule has 0 aliphatic heterocycles. The first-order valence-electron chi connectivity index (χ1n) is 11.1. The average Bonchev–Trinajstić information content (AvgIpc) is 2.78. The van der Waals surface area contributed by atoms with Gasteiger partial charge >= 0.3 is 17.9 Å². The van der Waals surface area contributed by atoms with Crippen LogP contribution in [0.4, 0.5) is 0 Å². The van der Waals surface area contributed by atoms with E-state index in [0.717, 1.165) is 0 Å². The van der Waals surface area contributed by atoms with Gasteiger partial charge in [0, 0.05) is 23.1 Å². The molecule has 1 rings (SSSR count). The Morgan fingerprint density at radius 1 is 1.00 bits per heavy atom. The number of aliphatic hydroxyl groups excluding tert-OH is 3. The lowest BCUT2D eigenvalue weighted by Gasteiger charge is -2.33. The third kappa shape index (κ3) is 11.1. The molecule has 0 aromatic rings. The summed E-state index contributed by atoms with van der Waals surface area (Å²) in [7, 11) is 0. The largest absolute Gasteiger partial charge is 0.460 e. The van der Waals surface area contributed by atoms with Crippen LogP contribution in [0, 0.1) is 0 Å². The summed E-state index contributed by atoms with van der Waals surface area (Å²) in [5.74, 6) is -1.87. The predicted octanol–water partition coefficient (Wildman–Crippen LogP) is 1.12. The predicted molar refractivity (Wildman–Crippen MR) is 121 cm³/mol. The molecule has 10 heteroatoms. The van der Waals surface area contributed by atoms with Crippen molar-refractivity contribution in [2.24, 2.45) is 0 Å². The second-order valence-electron chi connectivity index (χ2n) is 8.45. The van der Waals surface area contributed by atoms with Crippen molar-refractivity contribution in [1.29, 1.82) is 0 Å². The summed E-state index contributed by atoms with van der Waals surface area (Å²) < 4.78 is 20.7. The maximum Gasteiger partial charge on any atom is 0.333 e. The monoisotopic (exact) mass is 484 g/mol. The SMILES string of the molecule is C=C(C)C(=O)OC1CCC(O)C(OCC(O)COC(=O)C(=C)C/C=C(/C)C(=O)OCC(C)O)C1. The van der Waals surface area contributed by atoms with Gasteiger partial charge in [-0.25, -0.2) is 14.4 Å². The second-order valence-corrected chi connectivity index (χ2v) is 8.45. The average molecular weight is 485 g/mol. The van der Waals surface area contributed by atoms with Crippen LogP contribution in [0.15, 0.2) is 36.0 Å². The second kappa shape index (κ2) is 14.7. The molecule has 3 N–H and O–H groups in total. The number of aliphatic hydroxyl groups is 3. The molecule has 1 saturated carbocycles. The van der Waals surface area contributed by atoms with E-state index in [1.165, 1.54) is 19.9 Å². The van der Waals surface area contributed by atoms with Crippen molar-refractivity contribution in [3.63, 3.8) is 0 Å². The summed E-state index contributed by atoms with van der Waals surface area (Å²) in [4.78, 5) is 35.5. The van der Waals surface area contributed by atoms with Crippen LogP contribution >= 0.6 is 0 Å². The van der Waals surface area contributed by atoms with Crippen LogP contribution in [-0.2, 0) is 33.3 Å². The van der Waals surface area contributed by atoms with E-state index < -0.39 is 48.4 Å². The number of carbonyl (C=O) groups is 3. The summed E-state index contributed by atoms with van der Waals surface area (Å²) in [5.41, 5.74) is 0.603. The summed E-state index contributed by atoms with van der Waals surface area (Å²) in [5, 5.41) is 29.3. The normalized spacial score (nSPS) is 22.3. The van der Waals surface area contributed by atoms with Gasteiger partial charge in [0.2, 0.25) is 0 Å². The molecule has 0 aromatic heterocycles. The first-order chi connectivity index (χ1) is 15.9. The van der Waals surface area contributed by atoms with E-state index in [4.69, 9.17) is 24.1 Å². The van der Waals surface area contributed by atoms with Crippen LogP contribution in [-0.4, -0.2) is 83.6 Å². The number of hydrogen-bond donors (Lipinski definition) is 3. The highest BCUT2D eigenvalue weighted by molar-refractivity contribution is 5.90. The molecule has 0 spiro atoms. The molecule has 0 bridgehead atoms. The van der Waals surface area contributed by atoms with Crippen molar-refractivity contribution in [3.05, 3.63) is 36.0 Å². The fourth-order valence-electron chi connectivity index (χ4n) is 2.92. The molecule has 10 nitrogen and oxygen atoms in total. The van der Waals surface area contributed by atoms with E-state index in [1.807, 2.05) is 0 Å². The molecule has 192 valence electrons. The maximum absolute atomic E-state index is 12.1. The van der Waals surface area contributed by atoms with Gasteiger partial charge in [-0.05, 0) is 40.0 Å². The Morgan fingerprint density at radius 3 is 2.26 bits per heavy atom. The minimum atomic E-state index is -1.14. The molecule has 1 aliphatic carbocycles. The van der Waals surface area contributed by atoms with Gasteiger partial charge in [-0.1, -0.05) is 19.2 Å². The lowest BCUT2D eigenvalue weighted by atomic mass is 9.92. The standard InChI is InChI=1S/C24H36O10/c1-14(2)22(28)34-19-8-9-20(27)21(10-19)31-12-18(26)13-33-24(30)16(4)7-6-15(3)23(29)32-11-17(5)25/h6,17-21,25-27H,1,4,7-13H2,2-3,5H3/b15-6-.